The quantitative estimate of drug-likeness (QED) is 0.822. The molecule has 0 aromatic carbocycles. The molecule has 17 heavy (non-hydrogen) atoms. The standard InChI is InChI=1S/C10H14N6S/c1-7(2)9-13-10(17-14-9)15-5-8(6-15)16-11-3-4-12-16/h3-4,7-8H,5-6H2,1-2H3. The summed E-state index contributed by atoms with van der Waals surface area (Å²) in [6, 6.07) is 0.372. The molecule has 2 aromatic heterocycles. The molecule has 0 N–H and O–H groups in total. The van der Waals surface area contributed by atoms with Gasteiger partial charge in [0.05, 0.1) is 12.4 Å². The van der Waals surface area contributed by atoms with Crippen LogP contribution in [0.15, 0.2) is 12.4 Å². The molecule has 1 fully saturated rings. The third-order valence-electron chi connectivity index (χ3n) is 2.84. The van der Waals surface area contributed by atoms with E-state index in [4.69, 9.17) is 0 Å². The van der Waals surface area contributed by atoms with Crippen LogP contribution in [-0.4, -0.2) is 37.4 Å². The van der Waals surface area contributed by atoms with Crippen molar-refractivity contribution in [2.45, 2.75) is 25.8 Å². The van der Waals surface area contributed by atoms with Crippen molar-refractivity contribution < 1.29 is 0 Å². The summed E-state index contributed by atoms with van der Waals surface area (Å²) < 4.78 is 4.36. The van der Waals surface area contributed by atoms with Gasteiger partial charge in [-0.15, -0.1) is 0 Å². The predicted octanol–water partition coefficient (Wildman–Crippen LogP) is 1.31. The molecule has 7 heteroatoms. The van der Waals surface area contributed by atoms with Crippen molar-refractivity contribution in [3.05, 3.63) is 18.2 Å². The van der Waals surface area contributed by atoms with Crippen LogP contribution >= 0.6 is 11.5 Å². The van der Waals surface area contributed by atoms with Crippen molar-refractivity contribution in [1.29, 1.82) is 0 Å². The molecule has 0 saturated carbocycles. The first-order valence-corrected chi connectivity index (χ1v) is 6.45. The lowest BCUT2D eigenvalue weighted by Gasteiger charge is -2.37. The monoisotopic (exact) mass is 250 g/mol. The highest BCUT2D eigenvalue weighted by atomic mass is 32.1. The zero-order valence-corrected chi connectivity index (χ0v) is 10.6. The van der Waals surface area contributed by atoms with E-state index in [1.165, 1.54) is 11.5 Å². The minimum Gasteiger partial charge on any atom is -0.342 e. The summed E-state index contributed by atoms with van der Waals surface area (Å²) in [6.45, 7) is 6.06. The summed E-state index contributed by atoms with van der Waals surface area (Å²) in [6.07, 6.45) is 3.43. The zero-order valence-electron chi connectivity index (χ0n) is 9.82. The molecule has 0 unspecified atom stereocenters. The molecule has 1 aliphatic rings. The third kappa shape index (κ3) is 1.90. The molecule has 0 spiro atoms. The van der Waals surface area contributed by atoms with Gasteiger partial charge in [-0.3, -0.25) is 0 Å². The van der Waals surface area contributed by atoms with Gasteiger partial charge in [0, 0.05) is 30.5 Å². The SMILES string of the molecule is CC(C)c1nsc(N2CC(n3nccn3)C2)n1. The number of hydrogen-bond donors (Lipinski definition) is 0. The van der Waals surface area contributed by atoms with Crippen LogP contribution in [0.3, 0.4) is 0 Å². The number of rotatable bonds is 3. The molecular formula is C10H14N6S. The Morgan fingerprint density at radius 3 is 2.59 bits per heavy atom. The van der Waals surface area contributed by atoms with Gasteiger partial charge in [0.2, 0.25) is 5.13 Å². The van der Waals surface area contributed by atoms with E-state index in [1.54, 1.807) is 17.2 Å². The van der Waals surface area contributed by atoms with E-state index in [0.717, 1.165) is 24.0 Å². The van der Waals surface area contributed by atoms with Gasteiger partial charge in [-0.2, -0.15) is 19.4 Å². The zero-order chi connectivity index (χ0) is 11.8. The topological polar surface area (TPSA) is 59.7 Å². The maximum Gasteiger partial charge on any atom is 0.205 e. The molecule has 0 radical (unpaired) electrons. The molecule has 0 amide bonds. The fraction of sp³-hybridized carbons (Fsp3) is 0.600. The van der Waals surface area contributed by atoms with Crippen LogP contribution in [0.2, 0.25) is 0 Å². The van der Waals surface area contributed by atoms with Crippen molar-refractivity contribution in [3.63, 3.8) is 0 Å². The van der Waals surface area contributed by atoms with Crippen molar-refractivity contribution in [2.24, 2.45) is 0 Å². The number of aromatic nitrogens is 5. The largest absolute Gasteiger partial charge is 0.342 e. The number of hydrogen-bond acceptors (Lipinski definition) is 6. The van der Waals surface area contributed by atoms with E-state index in [0.29, 0.717) is 12.0 Å². The van der Waals surface area contributed by atoms with Gasteiger partial charge >= 0.3 is 0 Å². The Morgan fingerprint density at radius 1 is 1.29 bits per heavy atom. The fourth-order valence-electron chi connectivity index (χ4n) is 1.76. The average molecular weight is 250 g/mol. The highest BCUT2D eigenvalue weighted by Gasteiger charge is 2.31. The van der Waals surface area contributed by atoms with Gasteiger partial charge < -0.3 is 4.90 Å². The van der Waals surface area contributed by atoms with Crippen LogP contribution in [0.4, 0.5) is 5.13 Å². The lowest BCUT2D eigenvalue weighted by atomic mass is 10.1. The minimum absolute atomic E-state index is 0.372. The summed E-state index contributed by atoms with van der Waals surface area (Å²) >= 11 is 1.48. The summed E-state index contributed by atoms with van der Waals surface area (Å²) in [7, 11) is 0. The van der Waals surface area contributed by atoms with E-state index < -0.39 is 0 Å². The predicted molar refractivity (Wildman–Crippen MR) is 65.3 cm³/mol. The molecule has 3 heterocycles. The summed E-state index contributed by atoms with van der Waals surface area (Å²) in [4.78, 5) is 8.52. The van der Waals surface area contributed by atoms with Crippen molar-refractivity contribution in [3.8, 4) is 0 Å². The number of nitrogens with zero attached hydrogens (tertiary/aromatic N) is 6. The van der Waals surface area contributed by atoms with Crippen LogP contribution < -0.4 is 4.90 Å². The first-order valence-electron chi connectivity index (χ1n) is 5.68. The van der Waals surface area contributed by atoms with Crippen molar-refractivity contribution in [2.75, 3.05) is 18.0 Å². The normalized spacial score (nSPS) is 16.5. The van der Waals surface area contributed by atoms with Crippen molar-refractivity contribution >= 4 is 16.7 Å². The molecule has 2 aromatic rings. The van der Waals surface area contributed by atoms with Crippen LogP contribution in [0, 0.1) is 0 Å². The Labute approximate surface area is 103 Å². The lowest BCUT2D eigenvalue weighted by molar-refractivity contribution is 0.332. The van der Waals surface area contributed by atoms with Gasteiger partial charge in [-0.25, -0.2) is 4.98 Å². The van der Waals surface area contributed by atoms with Crippen molar-refractivity contribution in [1.82, 2.24) is 24.4 Å². The Hall–Kier alpha value is -1.50. The second-order valence-corrected chi connectivity index (χ2v) is 5.23. The summed E-state index contributed by atoms with van der Waals surface area (Å²) in [5.41, 5.74) is 0. The molecular weight excluding hydrogens is 236 g/mol. The van der Waals surface area contributed by atoms with Crippen LogP contribution in [0.1, 0.15) is 31.6 Å². The maximum atomic E-state index is 4.53. The Kier molecular flexibility index (Phi) is 2.54. The molecule has 0 bridgehead atoms. The van der Waals surface area contributed by atoms with E-state index in [-0.39, 0.29) is 0 Å². The van der Waals surface area contributed by atoms with Crippen LogP contribution in [0.25, 0.3) is 0 Å². The van der Waals surface area contributed by atoms with Gasteiger partial charge in [0.1, 0.15) is 11.9 Å². The average Bonchev–Trinajstić information content (AvgIpc) is 2.84. The molecule has 1 saturated heterocycles. The molecule has 3 rings (SSSR count). The van der Waals surface area contributed by atoms with Gasteiger partial charge in [-0.1, -0.05) is 13.8 Å². The van der Waals surface area contributed by atoms with Gasteiger partial charge in [0.25, 0.3) is 0 Å². The lowest BCUT2D eigenvalue weighted by Crippen LogP contribution is -2.48. The molecule has 0 atom stereocenters. The summed E-state index contributed by atoms with van der Waals surface area (Å²) in [5, 5.41) is 9.30. The Bertz CT molecular complexity index is 485. The minimum atomic E-state index is 0.372. The highest BCUT2D eigenvalue weighted by Crippen LogP contribution is 2.29. The first kappa shape index (κ1) is 10.6. The summed E-state index contributed by atoms with van der Waals surface area (Å²) in [5.74, 6) is 1.33. The van der Waals surface area contributed by atoms with Crippen LogP contribution in [0.5, 0.6) is 0 Å². The van der Waals surface area contributed by atoms with E-state index in [9.17, 15) is 0 Å². The first-order chi connectivity index (χ1) is 8.24. The van der Waals surface area contributed by atoms with E-state index >= 15 is 0 Å². The number of anilines is 1. The van der Waals surface area contributed by atoms with E-state index in [2.05, 4.69) is 38.3 Å². The van der Waals surface area contributed by atoms with Gasteiger partial charge in [0.15, 0.2) is 0 Å². The Balaban J connectivity index is 1.65. The second kappa shape index (κ2) is 4.06. The molecule has 1 aliphatic heterocycles. The molecule has 6 nitrogen and oxygen atoms in total. The highest BCUT2D eigenvalue weighted by molar-refractivity contribution is 7.09. The second-order valence-electron chi connectivity index (χ2n) is 4.50. The third-order valence-corrected chi connectivity index (χ3v) is 3.63. The van der Waals surface area contributed by atoms with Crippen LogP contribution in [-0.2, 0) is 0 Å². The maximum absolute atomic E-state index is 4.53. The molecule has 0 aliphatic carbocycles. The van der Waals surface area contributed by atoms with Gasteiger partial charge in [-0.05, 0) is 0 Å². The van der Waals surface area contributed by atoms with E-state index in [1.807, 2.05) is 0 Å². The molecule has 90 valence electrons. The smallest absolute Gasteiger partial charge is 0.205 e. The fourth-order valence-corrected chi connectivity index (χ4v) is 2.59. The Morgan fingerprint density at radius 2 is 2.00 bits per heavy atom.